The molecule has 1 aromatic rings. The first-order valence-electron chi connectivity index (χ1n) is 4.55. The second-order valence-corrected chi connectivity index (χ2v) is 3.31. The van der Waals surface area contributed by atoms with Crippen molar-refractivity contribution in [2.75, 3.05) is 6.54 Å². The minimum Gasteiger partial charge on any atom is -0.211 e. The predicted molar refractivity (Wildman–Crippen MR) is 52.7 cm³/mol. The Labute approximate surface area is 86.6 Å². The Hall–Kier alpha value is -1.54. The summed E-state index contributed by atoms with van der Waals surface area (Å²) in [4.78, 5) is 13.2. The number of rotatable bonds is 4. The van der Waals surface area contributed by atoms with Crippen LogP contribution in [-0.4, -0.2) is 12.6 Å². The van der Waals surface area contributed by atoms with E-state index in [-0.39, 0.29) is 5.56 Å². The zero-order valence-electron chi connectivity index (χ0n) is 8.34. The fourth-order valence-corrected chi connectivity index (χ4v) is 1.19. The summed E-state index contributed by atoms with van der Waals surface area (Å²) >= 11 is 0. The minimum absolute atomic E-state index is 0.00913. The molecule has 0 atom stereocenters. The molecule has 1 aromatic carbocycles. The summed E-state index contributed by atoms with van der Waals surface area (Å²) in [6, 6.07) is 6.01. The Morgan fingerprint density at radius 2 is 1.93 bits per heavy atom. The maximum atomic E-state index is 12.8. The average molecular weight is 211 g/mol. The lowest BCUT2D eigenvalue weighted by molar-refractivity contribution is 0.0174. The molecule has 0 aliphatic rings. The molecule has 0 saturated heterocycles. The van der Waals surface area contributed by atoms with Gasteiger partial charge in [-0.15, -0.1) is 0 Å². The Bertz CT molecular complexity index is 361. The minimum atomic E-state index is -2.81. The van der Waals surface area contributed by atoms with Crippen LogP contribution in [0.4, 0.5) is 8.78 Å². The summed E-state index contributed by atoms with van der Waals surface area (Å²) in [5.41, 5.74) is 0.868. The van der Waals surface area contributed by atoms with Crippen molar-refractivity contribution < 1.29 is 13.6 Å². The van der Waals surface area contributed by atoms with E-state index in [9.17, 15) is 13.6 Å². The van der Waals surface area contributed by atoms with Crippen molar-refractivity contribution in [3.05, 3.63) is 35.4 Å². The molecule has 0 N–H and O–H groups in total. The Kier molecular flexibility index (Phi) is 3.69. The van der Waals surface area contributed by atoms with E-state index in [0.717, 1.165) is 12.5 Å². The molecule has 0 radical (unpaired) electrons. The van der Waals surface area contributed by atoms with Gasteiger partial charge in [-0.25, -0.2) is 18.6 Å². The van der Waals surface area contributed by atoms with Gasteiger partial charge in [0.05, 0.1) is 6.54 Å². The number of hydrogen-bond acceptors (Lipinski definition) is 2. The number of isocyanates is 1. The molecule has 2 nitrogen and oxygen atoms in total. The third kappa shape index (κ3) is 3.60. The number of aliphatic imine (C=N–C) groups is 1. The zero-order chi connectivity index (χ0) is 11.3. The van der Waals surface area contributed by atoms with Crippen LogP contribution in [0.5, 0.6) is 0 Å². The normalized spacial score (nSPS) is 10.9. The fourth-order valence-electron chi connectivity index (χ4n) is 1.19. The first kappa shape index (κ1) is 11.5. The van der Waals surface area contributed by atoms with Crippen molar-refractivity contribution in [1.82, 2.24) is 0 Å². The Morgan fingerprint density at radius 1 is 1.33 bits per heavy atom. The van der Waals surface area contributed by atoms with Crippen LogP contribution in [0.25, 0.3) is 0 Å². The van der Waals surface area contributed by atoms with Crippen molar-refractivity contribution in [3.8, 4) is 0 Å². The van der Waals surface area contributed by atoms with E-state index in [0.29, 0.717) is 13.0 Å². The molecule has 0 aliphatic heterocycles. The van der Waals surface area contributed by atoms with Crippen LogP contribution in [0.1, 0.15) is 18.1 Å². The smallest absolute Gasteiger partial charge is 0.211 e. The summed E-state index contributed by atoms with van der Waals surface area (Å²) in [6.07, 6.45) is 1.99. The molecular weight excluding hydrogens is 200 g/mol. The van der Waals surface area contributed by atoms with E-state index in [1.807, 2.05) is 0 Å². The highest BCUT2D eigenvalue weighted by molar-refractivity contribution is 5.33. The van der Waals surface area contributed by atoms with Gasteiger partial charge in [0.25, 0.3) is 5.92 Å². The van der Waals surface area contributed by atoms with Crippen LogP contribution in [-0.2, 0) is 17.1 Å². The van der Waals surface area contributed by atoms with E-state index in [1.54, 1.807) is 12.1 Å². The molecule has 15 heavy (non-hydrogen) atoms. The van der Waals surface area contributed by atoms with Crippen molar-refractivity contribution >= 4 is 6.08 Å². The molecule has 0 aromatic heterocycles. The highest BCUT2D eigenvalue weighted by atomic mass is 19.3. The molecule has 0 bridgehead atoms. The first-order valence-corrected chi connectivity index (χ1v) is 4.55. The van der Waals surface area contributed by atoms with Gasteiger partial charge in [-0.1, -0.05) is 24.3 Å². The molecular formula is C11H11F2NO. The lowest BCUT2D eigenvalue weighted by Crippen LogP contribution is -2.06. The summed E-state index contributed by atoms with van der Waals surface area (Å²) in [5, 5.41) is 0. The molecule has 0 aliphatic carbocycles. The van der Waals surface area contributed by atoms with Gasteiger partial charge >= 0.3 is 0 Å². The molecule has 80 valence electrons. The summed E-state index contributed by atoms with van der Waals surface area (Å²) < 4.78 is 25.6. The number of halogens is 2. The molecule has 0 heterocycles. The van der Waals surface area contributed by atoms with Gasteiger partial charge in [-0.2, -0.15) is 0 Å². The predicted octanol–water partition coefficient (Wildman–Crippen LogP) is 2.68. The SMILES string of the molecule is CC(F)(F)c1ccc(CCN=C=O)cc1. The molecule has 0 unspecified atom stereocenters. The van der Waals surface area contributed by atoms with Crippen LogP contribution in [0.15, 0.2) is 29.3 Å². The standard InChI is InChI=1S/C11H11F2NO/c1-11(12,13)10-4-2-9(3-5-10)6-7-14-8-15/h2-5H,6-7H2,1H3. The summed E-state index contributed by atoms with van der Waals surface area (Å²) in [5.74, 6) is -2.81. The Morgan fingerprint density at radius 3 is 2.40 bits per heavy atom. The quantitative estimate of drug-likeness (QED) is 0.556. The number of carbonyl (C=O) groups excluding carboxylic acids is 1. The molecule has 0 fully saturated rings. The molecule has 0 amide bonds. The lowest BCUT2D eigenvalue weighted by Gasteiger charge is -2.10. The van der Waals surface area contributed by atoms with Crippen molar-refractivity contribution in [2.45, 2.75) is 19.3 Å². The number of hydrogen-bond donors (Lipinski definition) is 0. The number of benzene rings is 1. The zero-order valence-corrected chi connectivity index (χ0v) is 8.34. The molecule has 0 saturated carbocycles. The van der Waals surface area contributed by atoms with Gasteiger partial charge in [0.1, 0.15) is 0 Å². The monoisotopic (exact) mass is 211 g/mol. The highest BCUT2D eigenvalue weighted by Crippen LogP contribution is 2.26. The van der Waals surface area contributed by atoms with Gasteiger partial charge in [0.15, 0.2) is 0 Å². The Balaban J connectivity index is 2.68. The fraction of sp³-hybridized carbons (Fsp3) is 0.364. The topological polar surface area (TPSA) is 29.4 Å². The van der Waals surface area contributed by atoms with E-state index >= 15 is 0 Å². The van der Waals surface area contributed by atoms with Crippen molar-refractivity contribution in [1.29, 1.82) is 0 Å². The maximum Gasteiger partial charge on any atom is 0.270 e. The second kappa shape index (κ2) is 4.80. The van der Waals surface area contributed by atoms with Crippen LogP contribution < -0.4 is 0 Å². The second-order valence-electron chi connectivity index (χ2n) is 3.31. The average Bonchev–Trinajstić information content (AvgIpc) is 2.18. The van der Waals surface area contributed by atoms with Crippen molar-refractivity contribution in [3.63, 3.8) is 0 Å². The highest BCUT2D eigenvalue weighted by Gasteiger charge is 2.23. The largest absolute Gasteiger partial charge is 0.270 e. The van der Waals surface area contributed by atoms with Crippen LogP contribution in [0.2, 0.25) is 0 Å². The van der Waals surface area contributed by atoms with Gasteiger partial charge in [0.2, 0.25) is 6.08 Å². The van der Waals surface area contributed by atoms with Crippen molar-refractivity contribution in [2.24, 2.45) is 4.99 Å². The third-order valence-corrected chi connectivity index (χ3v) is 2.04. The number of alkyl halides is 2. The van der Waals surface area contributed by atoms with Gasteiger partial charge in [0, 0.05) is 12.5 Å². The summed E-state index contributed by atoms with van der Waals surface area (Å²) in [7, 11) is 0. The first-order chi connectivity index (χ1) is 7.04. The van der Waals surface area contributed by atoms with Gasteiger partial charge in [-0.05, 0) is 12.0 Å². The van der Waals surface area contributed by atoms with E-state index in [2.05, 4.69) is 4.99 Å². The van der Waals surface area contributed by atoms with E-state index in [1.165, 1.54) is 18.2 Å². The van der Waals surface area contributed by atoms with E-state index in [4.69, 9.17) is 0 Å². The number of nitrogens with zero attached hydrogens (tertiary/aromatic N) is 1. The van der Waals surface area contributed by atoms with Crippen LogP contribution >= 0.6 is 0 Å². The maximum absolute atomic E-state index is 12.8. The van der Waals surface area contributed by atoms with Crippen LogP contribution in [0, 0.1) is 0 Å². The lowest BCUT2D eigenvalue weighted by atomic mass is 10.1. The molecule has 4 heteroatoms. The van der Waals surface area contributed by atoms with Crippen LogP contribution in [0.3, 0.4) is 0 Å². The summed E-state index contributed by atoms with van der Waals surface area (Å²) in [6.45, 7) is 1.20. The van der Waals surface area contributed by atoms with Gasteiger partial charge in [-0.3, -0.25) is 0 Å². The molecule has 0 spiro atoms. The van der Waals surface area contributed by atoms with E-state index < -0.39 is 5.92 Å². The molecule has 1 rings (SSSR count). The van der Waals surface area contributed by atoms with Gasteiger partial charge < -0.3 is 0 Å². The third-order valence-electron chi connectivity index (χ3n) is 2.04.